The van der Waals surface area contributed by atoms with Crippen LogP contribution in [0.3, 0.4) is 0 Å². The van der Waals surface area contributed by atoms with Crippen LogP contribution in [0.5, 0.6) is 0 Å². The second-order valence-electron chi connectivity index (χ2n) is 4.98. The standard InChI is InChI=1S/C13H27NO3/c1-5-6-7-12(13(15)16)14-11(9-17-4)8-10(2)3/h10-12,14H,5-9H2,1-4H3,(H,15,16). The van der Waals surface area contributed by atoms with E-state index < -0.39 is 12.0 Å². The van der Waals surface area contributed by atoms with E-state index in [1.54, 1.807) is 7.11 Å². The van der Waals surface area contributed by atoms with Gasteiger partial charge < -0.3 is 9.84 Å². The summed E-state index contributed by atoms with van der Waals surface area (Å²) in [7, 11) is 1.65. The van der Waals surface area contributed by atoms with Gasteiger partial charge in [-0.05, 0) is 18.8 Å². The van der Waals surface area contributed by atoms with Gasteiger partial charge >= 0.3 is 5.97 Å². The molecule has 0 fully saturated rings. The first-order valence-corrected chi connectivity index (χ1v) is 6.49. The van der Waals surface area contributed by atoms with Crippen molar-refractivity contribution in [1.29, 1.82) is 0 Å². The van der Waals surface area contributed by atoms with Crippen LogP contribution in [0.1, 0.15) is 46.5 Å². The first kappa shape index (κ1) is 16.4. The summed E-state index contributed by atoms with van der Waals surface area (Å²) in [5.41, 5.74) is 0. The predicted molar refractivity (Wildman–Crippen MR) is 69.2 cm³/mol. The largest absolute Gasteiger partial charge is 0.480 e. The molecule has 0 radical (unpaired) electrons. The predicted octanol–water partition coefficient (Wildman–Crippen LogP) is 2.28. The molecule has 0 aromatic heterocycles. The molecular formula is C13H27NO3. The lowest BCUT2D eigenvalue weighted by Gasteiger charge is -2.24. The van der Waals surface area contributed by atoms with Crippen LogP contribution >= 0.6 is 0 Å². The number of aliphatic carboxylic acids is 1. The molecule has 0 bridgehead atoms. The van der Waals surface area contributed by atoms with Gasteiger partial charge in [-0.15, -0.1) is 0 Å². The van der Waals surface area contributed by atoms with Gasteiger partial charge in [0.15, 0.2) is 0 Å². The molecule has 2 atom stereocenters. The van der Waals surface area contributed by atoms with Crippen molar-refractivity contribution < 1.29 is 14.6 Å². The highest BCUT2D eigenvalue weighted by Gasteiger charge is 2.21. The highest BCUT2D eigenvalue weighted by atomic mass is 16.5. The second kappa shape index (κ2) is 9.42. The van der Waals surface area contributed by atoms with E-state index in [4.69, 9.17) is 9.84 Å². The van der Waals surface area contributed by atoms with Crippen LogP contribution in [0.4, 0.5) is 0 Å². The number of nitrogens with one attached hydrogen (secondary N) is 1. The fraction of sp³-hybridized carbons (Fsp3) is 0.923. The summed E-state index contributed by atoms with van der Waals surface area (Å²) in [5, 5.41) is 12.3. The van der Waals surface area contributed by atoms with Gasteiger partial charge in [-0.25, -0.2) is 0 Å². The molecule has 2 unspecified atom stereocenters. The van der Waals surface area contributed by atoms with Gasteiger partial charge in [-0.3, -0.25) is 10.1 Å². The monoisotopic (exact) mass is 245 g/mol. The Bertz CT molecular complexity index is 207. The highest BCUT2D eigenvalue weighted by Crippen LogP contribution is 2.09. The summed E-state index contributed by atoms with van der Waals surface area (Å²) < 4.78 is 5.13. The number of rotatable bonds is 10. The molecule has 17 heavy (non-hydrogen) atoms. The number of carbonyl (C=O) groups is 1. The zero-order valence-electron chi connectivity index (χ0n) is 11.5. The molecule has 0 saturated carbocycles. The van der Waals surface area contributed by atoms with Crippen LogP contribution in [-0.2, 0) is 9.53 Å². The Morgan fingerprint density at radius 3 is 2.47 bits per heavy atom. The van der Waals surface area contributed by atoms with E-state index in [2.05, 4.69) is 26.1 Å². The molecule has 2 N–H and O–H groups in total. The molecule has 4 nitrogen and oxygen atoms in total. The number of hydrogen-bond acceptors (Lipinski definition) is 3. The highest BCUT2D eigenvalue weighted by molar-refractivity contribution is 5.73. The minimum Gasteiger partial charge on any atom is -0.480 e. The van der Waals surface area contributed by atoms with E-state index in [-0.39, 0.29) is 6.04 Å². The average Bonchev–Trinajstić information content (AvgIpc) is 2.23. The van der Waals surface area contributed by atoms with Gasteiger partial charge in [0.2, 0.25) is 0 Å². The van der Waals surface area contributed by atoms with Gasteiger partial charge in [0.05, 0.1) is 6.61 Å². The van der Waals surface area contributed by atoms with Crippen molar-refractivity contribution in [2.75, 3.05) is 13.7 Å². The zero-order chi connectivity index (χ0) is 13.3. The summed E-state index contributed by atoms with van der Waals surface area (Å²) in [6, 6.07) is -0.327. The minimum absolute atomic E-state index is 0.123. The Balaban J connectivity index is 4.28. The molecule has 0 amide bonds. The van der Waals surface area contributed by atoms with Crippen LogP contribution in [0.15, 0.2) is 0 Å². The van der Waals surface area contributed by atoms with Crippen LogP contribution in [0, 0.1) is 5.92 Å². The number of ether oxygens (including phenoxy) is 1. The van der Waals surface area contributed by atoms with Gasteiger partial charge in [0.25, 0.3) is 0 Å². The molecule has 0 aliphatic carbocycles. The second-order valence-corrected chi connectivity index (χ2v) is 4.98. The third-order valence-corrected chi connectivity index (χ3v) is 2.71. The summed E-state index contributed by atoms with van der Waals surface area (Å²) in [6.45, 7) is 6.89. The Morgan fingerprint density at radius 1 is 1.41 bits per heavy atom. The zero-order valence-corrected chi connectivity index (χ0v) is 11.5. The Morgan fingerprint density at radius 2 is 2.06 bits per heavy atom. The molecule has 0 aromatic rings. The smallest absolute Gasteiger partial charge is 0.320 e. The number of methoxy groups -OCH3 is 1. The number of carboxylic acids is 1. The van der Waals surface area contributed by atoms with Gasteiger partial charge in [0.1, 0.15) is 6.04 Å². The number of unbranched alkanes of at least 4 members (excludes halogenated alkanes) is 1. The average molecular weight is 245 g/mol. The quantitative estimate of drug-likeness (QED) is 0.620. The van der Waals surface area contributed by atoms with Crippen molar-refractivity contribution in [3.8, 4) is 0 Å². The van der Waals surface area contributed by atoms with Crippen molar-refractivity contribution >= 4 is 5.97 Å². The molecule has 0 heterocycles. The third-order valence-electron chi connectivity index (χ3n) is 2.71. The van der Waals surface area contributed by atoms with Crippen molar-refractivity contribution in [2.45, 2.75) is 58.5 Å². The number of carboxylic acid groups (broad SMARTS) is 1. The maximum absolute atomic E-state index is 11.1. The van der Waals surface area contributed by atoms with Crippen LogP contribution in [0.2, 0.25) is 0 Å². The lowest BCUT2D eigenvalue weighted by atomic mass is 10.0. The molecule has 0 spiro atoms. The minimum atomic E-state index is -0.761. The van der Waals surface area contributed by atoms with Crippen molar-refractivity contribution in [3.63, 3.8) is 0 Å². The first-order valence-electron chi connectivity index (χ1n) is 6.49. The van der Waals surface area contributed by atoms with Gasteiger partial charge in [-0.2, -0.15) is 0 Å². The van der Waals surface area contributed by atoms with E-state index >= 15 is 0 Å². The summed E-state index contributed by atoms with van der Waals surface area (Å²) in [6.07, 6.45) is 3.57. The summed E-state index contributed by atoms with van der Waals surface area (Å²) in [4.78, 5) is 11.1. The molecule has 0 aliphatic heterocycles. The van der Waals surface area contributed by atoms with Crippen LogP contribution in [0.25, 0.3) is 0 Å². The van der Waals surface area contributed by atoms with E-state index in [9.17, 15) is 4.79 Å². The molecule has 0 aromatic carbocycles. The molecule has 0 saturated heterocycles. The van der Waals surface area contributed by atoms with Crippen LogP contribution in [-0.4, -0.2) is 36.9 Å². The van der Waals surface area contributed by atoms with Gasteiger partial charge in [0, 0.05) is 13.2 Å². The first-order chi connectivity index (χ1) is 8.01. The Hall–Kier alpha value is -0.610. The van der Waals surface area contributed by atoms with E-state index in [0.717, 1.165) is 19.3 Å². The lowest BCUT2D eigenvalue weighted by molar-refractivity contribution is -0.140. The van der Waals surface area contributed by atoms with E-state index in [0.29, 0.717) is 18.9 Å². The molecule has 102 valence electrons. The summed E-state index contributed by atoms with van der Waals surface area (Å²) in [5.74, 6) is -0.230. The number of hydrogen-bond donors (Lipinski definition) is 2. The van der Waals surface area contributed by atoms with E-state index in [1.807, 2.05) is 0 Å². The molecule has 0 rings (SSSR count). The normalized spacial score (nSPS) is 14.9. The Labute approximate surface area is 105 Å². The maximum atomic E-state index is 11.1. The third kappa shape index (κ3) is 8.16. The van der Waals surface area contributed by atoms with Crippen molar-refractivity contribution in [3.05, 3.63) is 0 Å². The molecule has 0 aliphatic rings. The van der Waals surface area contributed by atoms with E-state index in [1.165, 1.54) is 0 Å². The van der Waals surface area contributed by atoms with Crippen LogP contribution < -0.4 is 5.32 Å². The fourth-order valence-corrected chi connectivity index (χ4v) is 1.93. The van der Waals surface area contributed by atoms with Crippen molar-refractivity contribution in [1.82, 2.24) is 5.32 Å². The fourth-order valence-electron chi connectivity index (χ4n) is 1.93. The molecular weight excluding hydrogens is 218 g/mol. The Kier molecular flexibility index (Phi) is 9.09. The SMILES string of the molecule is CCCCC(NC(COC)CC(C)C)C(=O)O. The van der Waals surface area contributed by atoms with Gasteiger partial charge in [-0.1, -0.05) is 33.6 Å². The lowest BCUT2D eigenvalue weighted by Crippen LogP contribution is -2.45. The molecule has 4 heteroatoms. The maximum Gasteiger partial charge on any atom is 0.320 e. The van der Waals surface area contributed by atoms with Crippen molar-refractivity contribution in [2.24, 2.45) is 5.92 Å². The summed E-state index contributed by atoms with van der Waals surface area (Å²) >= 11 is 0. The topological polar surface area (TPSA) is 58.6 Å².